The highest BCUT2D eigenvalue weighted by molar-refractivity contribution is 7.94. The van der Waals surface area contributed by atoms with E-state index in [1.54, 1.807) is 41.7 Å². The summed E-state index contributed by atoms with van der Waals surface area (Å²) in [6.07, 6.45) is 1.63. The summed E-state index contributed by atoms with van der Waals surface area (Å²) in [4.78, 5) is 23.4. The number of benzene rings is 2. The second-order valence-electron chi connectivity index (χ2n) is 8.80. The molecule has 1 fully saturated rings. The predicted molar refractivity (Wildman–Crippen MR) is 146 cm³/mol. The van der Waals surface area contributed by atoms with Gasteiger partial charge in [-0.3, -0.25) is 9.10 Å². The van der Waals surface area contributed by atoms with Crippen molar-refractivity contribution in [2.45, 2.75) is 4.21 Å². The zero-order valence-corrected chi connectivity index (χ0v) is 21.7. The number of sulfonamides is 1. The van der Waals surface area contributed by atoms with Crippen molar-refractivity contribution in [3.63, 3.8) is 0 Å². The zero-order valence-electron chi connectivity index (χ0n) is 20.0. The summed E-state index contributed by atoms with van der Waals surface area (Å²) in [5.41, 5.74) is 4.12. The minimum absolute atomic E-state index is 0.0977. The number of hydrogen-bond donors (Lipinski definition) is 1. The molecule has 0 atom stereocenters. The number of H-pyrrole nitrogens is 1. The maximum absolute atomic E-state index is 13.7. The monoisotopic (exact) mass is 532 g/mol. The van der Waals surface area contributed by atoms with Crippen LogP contribution in [-0.2, 0) is 14.8 Å². The molecule has 0 spiro atoms. The van der Waals surface area contributed by atoms with Crippen LogP contribution in [0.5, 0.6) is 0 Å². The maximum Gasteiger partial charge on any atom is 0.273 e. The van der Waals surface area contributed by atoms with E-state index in [0.717, 1.165) is 27.4 Å². The van der Waals surface area contributed by atoms with Gasteiger partial charge < -0.3 is 14.6 Å². The number of fused-ring (bicyclic) bond motifs is 3. The molecule has 2 aromatic carbocycles. The number of amides is 1. The first kappa shape index (κ1) is 23.7. The SMILES string of the molecule is CN(c1ccc2[nH]c3ncc(C(=O)N4CCOCC4)c(-c4ccccc4)c3c2c1)S(=O)(=O)c1cccs1. The number of pyridine rings is 1. The van der Waals surface area contributed by atoms with E-state index in [4.69, 9.17) is 4.74 Å². The number of morpholine rings is 1. The zero-order chi connectivity index (χ0) is 25.6. The van der Waals surface area contributed by atoms with Crippen LogP contribution in [0.15, 0.2) is 76.4 Å². The summed E-state index contributed by atoms with van der Waals surface area (Å²) >= 11 is 1.18. The molecule has 5 aromatic rings. The Morgan fingerprint density at radius 3 is 2.59 bits per heavy atom. The third-order valence-corrected chi connectivity index (χ3v) is 9.83. The largest absolute Gasteiger partial charge is 0.378 e. The predicted octanol–water partition coefficient (Wildman–Crippen LogP) is 4.74. The lowest BCUT2D eigenvalue weighted by molar-refractivity contribution is 0.0303. The first-order valence-corrected chi connectivity index (χ1v) is 14.2. The van der Waals surface area contributed by atoms with Gasteiger partial charge in [0.05, 0.1) is 24.5 Å². The Balaban J connectivity index is 1.57. The van der Waals surface area contributed by atoms with Crippen LogP contribution < -0.4 is 4.31 Å². The lowest BCUT2D eigenvalue weighted by Crippen LogP contribution is -2.40. The molecule has 6 rings (SSSR count). The highest BCUT2D eigenvalue weighted by Crippen LogP contribution is 2.38. The van der Waals surface area contributed by atoms with Crippen LogP contribution in [0, 0.1) is 0 Å². The van der Waals surface area contributed by atoms with E-state index in [-0.39, 0.29) is 10.1 Å². The number of thiophene rings is 1. The van der Waals surface area contributed by atoms with Crippen molar-refractivity contribution < 1.29 is 17.9 Å². The van der Waals surface area contributed by atoms with E-state index in [9.17, 15) is 13.2 Å². The molecule has 1 saturated heterocycles. The molecule has 3 aromatic heterocycles. The summed E-state index contributed by atoms with van der Waals surface area (Å²) in [6.45, 7) is 2.05. The van der Waals surface area contributed by atoms with Crippen LogP contribution in [0.2, 0.25) is 0 Å². The molecule has 4 heterocycles. The van der Waals surface area contributed by atoms with E-state index in [1.807, 2.05) is 42.5 Å². The molecule has 0 saturated carbocycles. The summed E-state index contributed by atoms with van der Waals surface area (Å²) in [5, 5.41) is 3.32. The fourth-order valence-corrected chi connectivity index (χ4v) is 7.08. The second-order valence-corrected chi connectivity index (χ2v) is 11.9. The summed E-state index contributed by atoms with van der Waals surface area (Å²) in [5.74, 6) is -0.0977. The Bertz CT molecular complexity index is 1710. The van der Waals surface area contributed by atoms with Crippen LogP contribution >= 0.6 is 11.3 Å². The standard InChI is InChI=1S/C27H24N4O4S2/c1-30(37(33,34)23-8-5-15-36-23)19-9-10-22-20(16-19)25-24(18-6-3-2-4-7-18)21(17-28-26(25)29-22)27(32)31-11-13-35-14-12-31/h2-10,15-17H,11-14H2,1H3,(H,28,29). The molecule has 37 heavy (non-hydrogen) atoms. The molecule has 188 valence electrons. The number of aromatic amines is 1. The fourth-order valence-electron chi connectivity index (χ4n) is 4.73. The molecular formula is C27H24N4O4S2. The van der Waals surface area contributed by atoms with Gasteiger partial charge in [-0.1, -0.05) is 36.4 Å². The van der Waals surface area contributed by atoms with Crippen molar-refractivity contribution in [3.8, 4) is 11.1 Å². The number of nitrogens with one attached hydrogen (secondary N) is 1. The van der Waals surface area contributed by atoms with Gasteiger partial charge in [-0.2, -0.15) is 0 Å². The molecule has 10 heteroatoms. The van der Waals surface area contributed by atoms with Crippen molar-refractivity contribution in [1.82, 2.24) is 14.9 Å². The minimum atomic E-state index is -3.70. The van der Waals surface area contributed by atoms with Crippen LogP contribution in [0.25, 0.3) is 33.1 Å². The van der Waals surface area contributed by atoms with Gasteiger partial charge in [0, 0.05) is 48.2 Å². The lowest BCUT2D eigenvalue weighted by Gasteiger charge is -2.27. The van der Waals surface area contributed by atoms with Crippen LogP contribution in [0.3, 0.4) is 0 Å². The molecule has 0 radical (unpaired) electrons. The Labute approximate surface area is 218 Å². The number of carbonyl (C=O) groups excluding carboxylic acids is 1. The van der Waals surface area contributed by atoms with E-state index in [1.165, 1.54) is 15.6 Å². The van der Waals surface area contributed by atoms with Crippen molar-refractivity contribution >= 4 is 54.9 Å². The molecule has 0 bridgehead atoms. The average Bonchev–Trinajstić information content (AvgIpc) is 3.61. The van der Waals surface area contributed by atoms with E-state index in [0.29, 0.717) is 43.2 Å². The van der Waals surface area contributed by atoms with Gasteiger partial charge >= 0.3 is 0 Å². The normalized spacial score (nSPS) is 14.4. The van der Waals surface area contributed by atoms with E-state index < -0.39 is 10.0 Å². The highest BCUT2D eigenvalue weighted by atomic mass is 32.2. The highest BCUT2D eigenvalue weighted by Gasteiger charge is 2.26. The molecule has 1 amide bonds. The average molecular weight is 533 g/mol. The summed E-state index contributed by atoms with van der Waals surface area (Å²) in [7, 11) is -2.15. The number of nitrogens with zero attached hydrogens (tertiary/aromatic N) is 3. The molecule has 1 aliphatic rings. The molecule has 0 aliphatic carbocycles. The van der Waals surface area contributed by atoms with Gasteiger partial charge in [-0.05, 0) is 35.2 Å². The Morgan fingerprint density at radius 2 is 1.86 bits per heavy atom. The van der Waals surface area contributed by atoms with Gasteiger partial charge in [0.2, 0.25) is 0 Å². The fraction of sp³-hybridized carbons (Fsp3) is 0.185. The Morgan fingerprint density at radius 1 is 1.08 bits per heavy atom. The number of ether oxygens (including phenoxy) is 1. The van der Waals surface area contributed by atoms with Gasteiger partial charge in [0.15, 0.2) is 0 Å². The Hall–Kier alpha value is -3.73. The molecule has 0 unspecified atom stereocenters. The maximum atomic E-state index is 13.7. The topological polar surface area (TPSA) is 95.6 Å². The molecule has 1 N–H and O–H groups in total. The third kappa shape index (κ3) is 4.07. The first-order chi connectivity index (χ1) is 17.9. The van der Waals surface area contributed by atoms with Crippen LogP contribution in [0.1, 0.15) is 10.4 Å². The quantitative estimate of drug-likeness (QED) is 0.353. The van der Waals surface area contributed by atoms with Crippen molar-refractivity contribution in [2.24, 2.45) is 0 Å². The van der Waals surface area contributed by atoms with Gasteiger partial charge in [-0.25, -0.2) is 13.4 Å². The van der Waals surface area contributed by atoms with Crippen molar-refractivity contribution in [3.05, 3.63) is 77.8 Å². The summed E-state index contributed by atoms with van der Waals surface area (Å²) in [6, 6.07) is 18.5. The molecule has 8 nitrogen and oxygen atoms in total. The molecular weight excluding hydrogens is 508 g/mol. The van der Waals surface area contributed by atoms with Gasteiger partial charge in [-0.15, -0.1) is 11.3 Å². The second kappa shape index (κ2) is 9.29. The van der Waals surface area contributed by atoms with Crippen LogP contribution in [-0.4, -0.2) is 62.5 Å². The minimum Gasteiger partial charge on any atom is -0.378 e. The number of hydrogen-bond acceptors (Lipinski definition) is 6. The Kier molecular flexibility index (Phi) is 5.94. The van der Waals surface area contributed by atoms with Gasteiger partial charge in [0.1, 0.15) is 9.86 Å². The number of anilines is 1. The summed E-state index contributed by atoms with van der Waals surface area (Å²) < 4.78 is 33.4. The number of aromatic nitrogens is 2. The van der Waals surface area contributed by atoms with E-state index in [2.05, 4.69) is 9.97 Å². The number of rotatable bonds is 5. The smallest absolute Gasteiger partial charge is 0.273 e. The van der Waals surface area contributed by atoms with E-state index >= 15 is 0 Å². The van der Waals surface area contributed by atoms with Crippen molar-refractivity contribution in [1.29, 1.82) is 0 Å². The van der Waals surface area contributed by atoms with Crippen LogP contribution in [0.4, 0.5) is 5.69 Å². The lowest BCUT2D eigenvalue weighted by atomic mass is 9.95. The van der Waals surface area contributed by atoms with Crippen molar-refractivity contribution in [2.75, 3.05) is 37.7 Å². The van der Waals surface area contributed by atoms with Gasteiger partial charge in [0.25, 0.3) is 15.9 Å². The third-order valence-electron chi connectivity index (χ3n) is 6.67. The first-order valence-electron chi connectivity index (χ1n) is 11.8. The molecule has 1 aliphatic heterocycles. The number of carbonyl (C=O) groups is 1.